The van der Waals surface area contributed by atoms with Crippen molar-refractivity contribution in [1.29, 1.82) is 0 Å². The van der Waals surface area contributed by atoms with Gasteiger partial charge < -0.3 is 19.5 Å². The highest BCUT2D eigenvalue weighted by Gasteiger charge is 2.16. The fourth-order valence-electron chi connectivity index (χ4n) is 2.78. The van der Waals surface area contributed by atoms with E-state index in [9.17, 15) is 13.6 Å². The number of ether oxygens (including phenoxy) is 3. The molecule has 0 saturated heterocycles. The van der Waals surface area contributed by atoms with Crippen LogP contribution in [0.3, 0.4) is 0 Å². The number of halogens is 2. The van der Waals surface area contributed by atoms with Gasteiger partial charge in [-0.3, -0.25) is 4.79 Å². The Bertz CT molecular complexity index is 1020. The van der Waals surface area contributed by atoms with Gasteiger partial charge in [0.1, 0.15) is 41.2 Å². The summed E-state index contributed by atoms with van der Waals surface area (Å²) in [6.07, 6.45) is 0. The SMILES string of the molecule is CCOc1ccc(C(=O)Nc2c(F)cccc2F)cc1COc1cccc(OC)c1. The van der Waals surface area contributed by atoms with Gasteiger partial charge in [0.05, 0.1) is 13.7 Å². The van der Waals surface area contributed by atoms with E-state index in [0.29, 0.717) is 29.4 Å². The molecule has 30 heavy (non-hydrogen) atoms. The summed E-state index contributed by atoms with van der Waals surface area (Å²) in [4.78, 5) is 12.6. The molecule has 0 aliphatic heterocycles. The van der Waals surface area contributed by atoms with Crippen molar-refractivity contribution >= 4 is 11.6 Å². The van der Waals surface area contributed by atoms with Crippen molar-refractivity contribution in [1.82, 2.24) is 0 Å². The Morgan fingerprint density at radius 3 is 2.33 bits per heavy atom. The average Bonchev–Trinajstić information content (AvgIpc) is 2.76. The molecule has 0 unspecified atom stereocenters. The highest BCUT2D eigenvalue weighted by atomic mass is 19.1. The summed E-state index contributed by atoms with van der Waals surface area (Å²) in [6, 6.07) is 15.2. The van der Waals surface area contributed by atoms with E-state index in [1.165, 1.54) is 12.1 Å². The van der Waals surface area contributed by atoms with Crippen LogP contribution in [0.5, 0.6) is 17.2 Å². The number of amides is 1. The molecule has 0 spiro atoms. The smallest absolute Gasteiger partial charge is 0.255 e. The van der Waals surface area contributed by atoms with E-state index in [0.717, 1.165) is 12.1 Å². The Balaban J connectivity index is 1.81. The van der Waals surface area contributed by atoms with Gasteiger partial charge in [-0.1, -0.05) is 12.1 Å². The van der Waals surface area contributed by atoms with Gasteiger partial charge in [-0.05, 0) is 49.4 Å². The molecule has 0 radical (unpaired) electrons. The Kier molecular flexibility index (Phi) is 6.85. The zero-order chi connectivity index (χ0) is 21.5. The quantitative estimate of drug-likeness (QED) is 0.551. The number of benzene rings is 3. The number of hydrogen-bond donors (Lipinski definition) is 1. The fourth-order valence-corrected chi connectivity index (χ4v) is 2.78. The molecule has 0 aliphatic rings. The molecule has 7 heteroatoms. The molecule has 3 aromatic carbocycles. The zero-order valence-corrected chi connectivity index (χ0v) is 16.6. The lowest BCUT2D eigenvalue weighted by Crippen LogP contribution is -2.15. The van der Waals surface area contributed by atoms with Gasteiger partial charge in [-0.25, -0.2) is 8.78 Å². The van der Waals surface area contributed by atoms with E-state index in [2.05, 4.69) is 5.32 Å². The van der Waals surface area contributed by atoms with Crippen LogP contribution in [0.25, 0.3) is 0 Å². The summed E-state index contributed by atoms with van der Waals surface area (Å²) in [6.45, 7) is 2.39. The highest BCUT2D eigenvalue weighted by Crippen LogP contribution is 2.26. The van der Waals surface area contributed by atoms with E-state index >= 15 is 0 Å². The van der Waals surface area contributed by atoms with E-state index < -0.39 is 23.2 Å². The Morgan fingerprint density at radius 1 is 0.933 bits per heavy atom. The second-order valence-corrected chi connectivity index (χ2v) is 6.27. The van der Waals surface area contributed by atoms with Crippen LogP contribution in [0.15, 0.2) is 60.7 Å². The third kappa shape index (κ3) is 5.05. The minimum atomic E-state index is -0.851. The minimum Gasteiger partial charge on any atom is -0.497 e. The third-order valence-electron chi connectivity index (χ3n) is 4.26. The summed E-state index contributed by atoms with van der Waals surface area (Å²) in [5.74, 6) is -0.567. The Labute approximate surface area is 173 Å². The molecule has 5 nitrogen and oxygen atoms in total. The van der Waals surface area contributed by atoms with Gasteiger partial charge >= 0.3 is 0 Å². The zero-order valence-electron chi connectivity index (χ0n) is 16.6. The maximum absolute atomic E-state index is 13.8. The standard InChI is InChI=1S/C23H21F2NO4/c1-3-29-21-11-10-15(23(27)26-22-19(24)8-5-9-20(22)25)12-16(21)14-30-18-7-4-6-17(13-18)28-2/h4-13H,3,14H2,1-2H3,(H,26,27). The second-order valence-electron chi connectivity index (χ2n) is 6.27. The molecule has 0 heterocycles. The van der Waals surface area contributed by atoms with E-state index in [1.54, 1.807) is 43.5 Å². The number of para-hydroxylation sites is 1. The number of carbonyl (C=O) groups is 1. The normalized spacial score (nSPS) is 10.4. The molecule has 3 aromatic rings. The van der Waals surface area contributed by atoms with Crippen LogP contribution in [-0.4, -0.2) is 19.6 Å². The summed E-state index contributed by atoms with van der Waals surface area (Å²) >= 11 is 0. The van der Waals surface area contributed by atoms with Gasteiger partial charge in [0.15, 0.2) is 0 Å². The molecule has 0 atom stereocenters. The lowest BCUT2D eigenvalue weighted by Gasteiger charge is -2.14. The minimum absolute atomic E-state index is 0.123. The first kappa shape index (κ1) is 21.1. The number of nitrogens with one attached hydrogen (secondary N) is 1. The lowest BCUT2D eigenvalue weighted by molar-refractivity contribution is 0.102. The van der Waals surface area contributed by atoms with Crippen LogP contribution < -0.4 is 19.5 Å². The van der Waals surface area contributed by atoms with Crippen LogP contribution in [0.2, 0.25) is 0 Å². The van der Waals surface area contributed by atoms with Crippen molar-refractivity contribution in [2.75, 3.05) is 19.0 Å². The number of rotatable bonds is 8. The predicted octanol–water partition coefficient (Wildman–Crippen LogP) is 5.20. The molecule has 0 fully saturated rings. The molecule has 0 aromatic heterocycles. The van der Waals surface area contributed by atoms with Crippen molar-refractivity contribution in [2.45, 2.75) is 13.5 Å². The van der Waals surface area contributed by atoms with E-state index in [1.807, 2.05) is 6.92 Å². The summed E-state index contributed by atoms with van der Waals surface area (Å²) in [7, 11) is 1.56. The van der Waals surface area contributed by atoms with Crippen molar-refractivity contribution in [3.8, 4) is 17.2 Å². The predicted molar refractivity (Wildman–Crippen MR) is 109 cm³/mol. The van der Waals surface area contributed by atoms with Gasteiger partial charge in [0.25, 0.3) is 5.91 Å². The lowest BCUT2D eigenvalue weighted by atomic mass is 10.1. The summed E-state index contributed by atoms with van der Waals surface area (Å²) in [5, 5.41) is 2.28. The second kappa shape index (κ2) is 9.73. The summed E-state index contributed by atoms with van der Waals surface area (Å²) < 4.78 is 44.3. The number of anilines is 1. The fraction of sp³-hybridized carbons (Fsp3) is 0.174. The first-order valence-corrected chi connectivity index (χ1v) is 9.29. The average molecular weight is 413 g/mol. The van der Waals surface area contributed by atoms with Gasteiger partial charge in [-0.2, -0.15) is 0 Å². The molecule has 3 rings (SSSR count). The van der Waals surface area contributed by atoms with Gasteiger partial charge in [0, 0.05) is 17.2 Å². The topological polar surface area (TPSA) is 56.8 Å². The highest BCUT2D eigenvalue weighted by molar-refractivity contribution is 6.04. The molecule has 1 amide bonds. The molecule has 0 aliphatic carbocycles. The van der Waals surface area contributed by atoms with Crippen LogP contribution >= 0.6 is 0 Å². The van der Waals surface area contributed by atoms with Crippen LogP contribution in [0, 0.1) is 11.6 Å². The molecule has 156 valence electrons. The molecule has 1 N–H and O–H groups in total. The molecule has 0 bridgehead atoms. The number of methoxy groups -OCH3 is 1. The Morgan fingerprint density at radius 2 is 1.63 bits per heavy atom. The van der Waals surface area contributed by atoms with Crippen LogP contribution in [-0.2, 0) is 6.61 Å². The molecule has 0 saturated carbocycles. The third-order valence-corrected chi connectivity index (χ3v) is 4.26. The van der Waals surface area contributed by atoms with E-state index in [-0.39, 0.29) is 12.2 Å². The molecular weight excluding hydrogens is 392 g/mol. The monoisotopic (exact) mass is 413 g/mol. The van der Waals surface area contributed by atoms with Gasteiger partial charge in [0.2, 0.25) is 0 Å². The van der Waals surface area contributed by atoms with Gasteiger partial charge in [-0.15, -0.1) is 0 Å². The first-order chi connectivity index (χ1) is 14.5. The van der Waals surface area contributed by atoms with E-state index in [4.69, 9.17) is 14.2 Å². The molecular formula is C23H21F2NO4. The van der Waals surface area contributed by atoms with Crippen molar-refractivity contribution in [3.05, 3.63) is 83.4 Å². The first-order valence-electron chi connectivity index (χ1n) is 9.29. The number of carbonyl (C=O) groups excluding carboxylic acids is 1. The van der Waals surface area contributed by atoms with Crippen molar-refractivity contribution in [2.24, 2.45) is 0 Å². The number of hydrogen-bond acceptors (Lipinski definition) is 4. The maximum atomic E-state index is 13.8. The largest absolute Gasteiger partial charge is 0.497 e. The van der Waals surface area contributed by atoms with Crippen molar-refractivity contribution < 1.29 is 27.8 Å². The van der Waals surface area contributed by atoms with Crippen molar-refractivity contribution in [3.63, 3.8) is 0 Å². The van der Waals surface area contributed by atoms with Crippen LogP contribution in [0.4, 0.5) is 14.5 Å². The Hall–Kier alpha value is -3.61. The summed E-state index contributed by atoms with van der Waals surface area (Å²) in [5.41, 5.74) is 0.331. The van der Waals surface area contributed by atoms with Crippen LogP contribution in [0.1, 0.15) is 22.8 Å². The maximum Gasteiger partial charge on any atom is 0.255 e.